The molecule has 0 aliphatic carbocycles. The molecule has 0 unspecified atom stereocenters. The van der Waals surface area contributed by atoms with Crippen molar-refractivity contribution in [1.29, 1.82) is 0 Å². The smallest absolute Gasteiger partial charge is 0.229 e. The summed E-state index contributed by atoms with van der Waals surface area (Å²) in [4.78, 5) is 9.11. The van der Waals surface area contributed by atoms with Gasteiger partial charge < -0.3 is 19.5 Å². The zero-order valence-electron chi connectivity index (χ0n) is 18.4. The lowest BCUT2D eigenvalue weighted by Gasteiger charge is -2.14. The van der Waals surface area contributed by atoms with Gasteiger partial charge in [-0.3, -0.25) is 4.72 Å². The highest BCUT2D eigenvalue weighted by Crippen LogP contribution is 2.41. The molecule has 0 aliphatic heterocycles. The highest BCUT2D eigenvalue weighted by Gasteiger charge is 2.15. The summed E-state index contributed by atoms with van der Waals surface area (Å²) in [5.41, 5.74) is 3.62. The molecule has 4 rings (SSSR count). The molecule has 172 valence electrons. The number of nitrogens with one attached hydrogen (secondary N) is 2. The Balaban J connectivity index is 1.71. The Bertz CT molecular complexity index is 1390. The number of rotatable bonds is 8. The van der Waals surface area contributed by atoms with Crippen LogP contribution in [0.2, 0.25) is 0 Å². The van der Waals surface area contributed by atoms with E-state index in [1.807, 2.05) is 11.4 Å². The molecule has 0 aliphatic rings. The molecular weight excluding hydrogens is 464 g/mol. The lowest BCUT2D eigenvalue weighted by atomic mass is 10.1. The average molecular weight is 487 g/mol. The molecule has 2 N–H and O–H groups in total. The van der Waals surface area contributed by atoms with E-state index in [2.05, 4.69) is 15.0 Å². The maximum absolute atomic E-state index is 11.6. The van der Waals surface area contributed by atoms with Crippen LogP contribution in [0.15, 0.2) is 48.0 Å². The van der Waals surface area contributed by atoms with Gasteiger partial charge in [-0.2, -0.15) is 0 Å². The first kappa shape index (κ1) is 22.6. The van der Waals surface area contributed by atoms with E-state index in [0.29, 0.717) is 34.6 Å². The van der Waals surface area contributed by atoms with Crippen LogP contribution in [0.3, 0.4) is 0 Å². The van der Waals surface area contributed by atoms with Crippen LogP contribution < -0.4 is 24.2 Å². The first-order valence-corrected chi connectivity index (χ1v) is 12.5. The van der Waals surface area contributed by atoms with Crippen molar-refractivity contribution in [3.05, 3.63) is 48.0 Å². The summed E-state index contributed by atoms with van der Waals surface area (Å²) in [6.45, 7) is 0. The van der Waals surface area contributed by atoms with Gasteiger partial charge in [-0.1, -0.05) is 12.1 Å². The van der Waals surface area contributed by atoms with Crippen LogP contribution in [0.4, 0.5) is 17.3 Å². The number of methoxy groups -OCH3 is 3. The van der Waals surface area contributed by atoms with Gasteiger partial charge in [0, 0.05) is 34.5 Å². The number of anilines is 3. The standard InChI is InChI=1S/C22H22N4O5S2/c1-29-17-9-15(10-18(30-2)21(17)31-3)24-22-23-11-19-20(25-22)16(12-32-19)13-6-5-7-14(8-13)26-33(4,27)28/h5-12,26H,1-4H3,(H,23,24,25). The summed E-state index contributed by atoms with van der Waals surface area (Å²) in [5.74, 6) is 1.89. The fourth-order valence-electron chi connectivity index (χ4n) is 3.34. The third-order valence-corrected chi connectivity index (χ3v) is 6.22. The highest BCUT2D eigenvalue weighted by atomic mass is 32.2. The van der Waals surface area contributed by atoms with Crippen LogP contribution in [-0.4, -0.2) is 46.0 Å². The van der Waals surface area contributed by atoms with Crippen LogP contribution in [0.5, 0.6) is 17.2 Å². The molecule has 2 aromatic heterocycles. The summed E-state index contributed by atoms with van der Waals surface area (Å²) in [7, 11) is 1.27. The zero-order valence-corrected chi connectivity index (χ0v) is 20.0. The van der Waals surface area contributed by atoms with Gasteiger partial charge in [0.25, 0.3) is 0 Å². The minimum Gasteiger partial charge on any atom is -0.493 e. The lowest BCUT2D eigenvalue weighted by molar-refractivity contribution is 0.324. The summed E-state index contributed by atoms with van der Waals surface area (Å²) in [6, 6.07) is 10.7. The molecular formula is C22H22N4O5S2. The second-order valence-corrected chi connectivity index (χ2v) is 9.71. The fraction of sp³-hybridized carbons (Fsp3) is 0.182. The molecule has 0 amide bonds. The van der Waals surface area contributed by atoms with E-state index < -0.39 is 10.0 Å². The minimum absolute atomic E-state index is 0.391. The first-order valence-electron chi connectivity index (χ1n) is 9.71. The largest absolute Gasteiger partial charge is 0.493 e. The minimum atomic E-state index is -3.38. The van der Waals surface area contributed by atoms with Crippen molar-refractivity contribution in [2.24, 2.45) is 0 Å². The molecule has 33 heavy (non-hydrogen) atoms. The quantitative estimate of drug-likeness (QED) is 0.374. The lowest BCUT2D eigenvalue weighted by Crippen LogP contribution is -2.09. The second-order valence-electron chi connectivity index (χ2n) is 7.05. The summed E-state index contributed by atoms with van der Waals surface area (Å²) in [5, 5.41) is 5.16. The normalized spacial score (nSPS) is 11.3. The van der Waals surface area contributed by atoms with Crippen LogP contribution in [0.1, 0.15) is 0 Å². The SMILES string of the molecule is COc1cc(Nc2ncc3scc(-c4cccc(NS(C)(=O)=O)c4)c3n2)cc(OC)c1OC. The van der Waals surface area contributed by atoms with E-state index in [0.717, 1.165) is 27.6 Å². The molecule has 0 bridgehead atoms. The van der Waals surface area contributed by atoms with Crippen LogP contribution >= 0.6 is 11.3 Å². The number of nitrogens with zero attached hydrogens (tertiary/aromatic N) is 2. The topological polar surface area (TPSA) is 112 Å². The predicted octanol–water partition coefficient (Wildman–Crippen LogP) is 4.50. The Labute approximate surface area is 195 Å². The predicted molar refractivity (Wildman–Crippen MR) is 131 cm³/mol. The van der Waals surface area contributed by atoms with E-state index in [9.17, 15) is 8.42 Å². The Morgan fingerprint density at radius 2 is 1.70 bits per heavy atom. The molecule has 2 aromatic carbocycles. The van der Waals surface area contributed by atoms with Gasteiger partial charge in [-0.25, -0.2) is 18.4 Å². The Morgan fingerprint density at radius 3 is 2.33 bits per heavy atom. The van der Waals surface area contributed by atoms with Crippen molar-refractivity contribution in [2.45, 2.75) is 0 Å². The molecule has 0 fully saturated rings. The monoisotopic (exact) mass is 486 g/mol. The first-order chi connectivity index (χ1) is 15.8. The van der Waals surface area contributed by atoms with Crippen LogP contribution in [0, 0.1) is 0 Å². The second kappa shape index (κ2) is 9.12. The van der Waals surface area contributed by atoms with Crippen molar-refractivity contribution in [1.82, 2.24) is 9.97 Å². The van der Waals surface area contributed by atoms with E-state index in [1.54, 1.807) is 57.9 Å². The number of fused-ring (bicyclic) bond motifs is 1. The van der Waals surface area contributed by atoms with Gasteiger partial charge in [0.2, 0.25) is 21.7 Å². The van der Waals surface area contributed by atoms with Crippen LogP contribution in [-0.2, 0) is 10.0 Å². The van der Waals surface area contributed by atoms with Crippen LogP contribution in [0.25, 0.3) is 21.3 Å². The van der Waals surface area contributed by atoms with Gasteiger partial charge in [-0.05, 0) is 17.7 Å². The third kappa shape index (κ3) is 4.94. The maximum atomic E-state index is 11.6. The number of hydrogen-bond donors (Lipinski definition) is 2. The molecule has 0 saturated carbocycles. The molecule has 11 heteroatoms. The van der Waals surface area contributed by atoms with Gasteiger partial charge in [0.1, 0.15) is 0 Å². The number of sulfonamides is 1. The summed E-state index contributed by atoms with van der Waals surface area (Å²) in [6.07, 6.45) is 2.86. The van der Waals surface area contributed by atoms with Gasteiger partial charge in [0.15, 0.2) is 11.5 Å². The fourth-order valence-corrected chi connectivity index (χ4v) is 4.77. The molecule has 9 nitrogen and oxygen atoms in total. The maximum Gasteiger partial charge on any atom is 0.229 e. The average Bonchev–Trinajstić information content (AvgIpc) is 3.20. The van der Waals surface area contributed by atoms with Crippen molar-refractivity contribution >= 4 is 48.9 Å². The number of hydrogen-bond acceptors (Lipinski definition) is 9. The third-order valence-electron chi connectivity index (χ3n) is 4.71. The van der Waals surface area contributed by atoms with Gasteiger partial charge in [0.05, 0.1) is 44.0 Å². The number of benzene rings is 2. The molecule has 2 heterocycles. The summed E-state index contributed by atoms with van der Waals surface area (Å²) >= 11 is 1.51. The molecule has 0 spiro atoms. The van der Waals surface area contributed by atoms with Crippen molar-refractivity contribution in [3.63, 3.8) is 0 Å². The van der Waals surface area contributed by atoms with E-state index in [1.165, 1.54) is 11.3 Å². The molecule has 0 atom stereocenters. The van der Waals surface area contributed by atoms with E-state index >= 15 is 0 Å². The number of ether oxygens (including phenoxy) is 3. The highest BCUT2D eigenvalue weighted by molar-refractivity contribution is 7.92. The zero-order chi connectivity index (χ0) is 23.6. The Morgan fingerprint density at radius 1 is 0.970 bits per heavy atom. The molecule has 4 aromatic rings. The van der Waals surface area contributed by atoms with Gasteiger partial charge in [-0.15, -0.1) is 11.3 Å². The van der Waals surface area contributed by atoms with Crippen molar-refractivity contribution in [3.8, 4) is 28.4 Å². The van der Waals surface area contributed by atoms with Gasteiger partial charge >= 0.3 is 0 Å². The summed E-state index contributed by atoms with van der Waals surface area (Å²) < 4.78 is 42.8. The number of aromatic nitrogens is 2. The molecule has 0 radical (unpaired) electrons. The Kier molecular flexibility index (Phi) is 6.25. The molecule has 0 saturated heterocycles. The Hall–Kier alpha value is -3.57. The number of thiophene rings is 1. The van der Waals surface area contributed by atoms with E-state index in [-0.39, 0.29) is 0 Å². The van der Waals surface area contributed by atoms with Crippen molar-refractivity contribution in [2.75, 3.05) is 37.6 Å². The van der Waals surface area contributed by atoms with Crippen molar-refractivity contribution < 1.29 is 22.6 Å². The van der Waals surface area contributed by atoms with E-state index in [4.69, 9.17) is 19.2 Å².